The summed E-state index contributed by atoms with van der Waals surface area (Å²) in [5.41, 5.74) is -1.99. The van der Waals surface area contributed by atoms with Gasteiger partial charge in [-0.15, -0.1) is 0 Å². The van der Waals surface area contributed by atoms with Gasteiger partial charge in [-0.2, -0.15) is 19.0 Å². The number of pyridine rings is 1. The molecule has 0 radical (unpaired) electrons. The molecule has 21 heteroatoms. The van der Waals surface area contributed by atoms with Crippen LogP contribution >= 0.6 is 11.6 Å². The number of anilines is 1. The Morgan fingerprint density at radius 2 is 1.78 bits per heavy atom. The molecule has 4 aromatic heterocycles. The van der Waals surface area contributed by atoms with Crippen LogP contribution in [0, 0.1) is 29.4 Å². The highest BCUT2D eigenvalue weighted by molar-refractivity contribution is 7.92. The summed E-state index contributed by atoms with van der Waals surface area (Å²) in [5, 5.41) is 11.2. The number of amides is 1. The minimum absolute atomic E-state index is 0.0463. The smallest absolute Gasteiger partial charge is 0.292 e. The number of carbonyl (C=O) groups is 1. The van der Waals surface area contributed by atoms with E-state index in [1.165, 1.54) is 24.6 Å². The van der Waals surface area contributed by atoms with Gasteiger partial charge in [0, 0.05) is 54.7 Å². The first-order chi connectivity index (χ1) is 29.6. The third-order valence-electron chi connectivity index (χ3n) is 11.4. The Kier molecular flexibility index (Phi) is 11.1. The zero-order valence-corrected chi connectivity index (χ0v) is 35.7. The van der Waals surface area contributed by atoms with Crippen LogP contribution in [0.5, 0.6) is 0 Å². The molecule has 6 aromatic rings. The predicted molar refractivity (Wildman–Crippen MR) is 219 cm³/mol. The second-order valence-electron chi connectivity index (χ2n) is 15.8. The van der Waals surface area contributed by atoms with Crippen molar-refractivity contribution in [1.82, 2.24) is 39.4 Å². The van der Waals surface area contributed by atoms with Crippen molar-refractivity contribution >= 4 is 44.3 Å². The Labute approximate surface area is 361 Å². The van der Waals surface area contributed by atoms with Gasteiger partial charge in [0.2, 0.25) is 15.9 Å². The molecule has 1 amide bonds. The molecule has 2 aromatic carbocycles. The van der Waals surface area contributed by atoms with Gasteiger partial charge in [-0.25, -0.2) is 35.9 Å². The number of hydrogen-bond acceptors (Lipinski definition) is 8. The highest BCUT2D eigenvalue weighted by Crippen LogP contribution is 2.54. The summed E-state index contributed by atoms with van der Waals surface area (Å²) in [4.78, 5) is 23.5. The standard InChI is InChI=1S/C42H38ClF6N9O4S/c1-21-22(2)42(48,49)37-32(21)35(38(46)47)53-58(37)20-31(59)52-30(18-23-16-24(44)19-25(45)17-23)34-27(28-8-9-29(43)33-36(28)56(4)54-39(33)55-63(5,60)61)7-6-26(51-34)10-11-41(3)40-50-12-13-57(40)14-15-62-41/h6-9,12-13,16-17,19,21-22,30,38H,14-15,18,20H2,1-5H3,(H,52,59)(H,54,55)/t21-,22+,30-,41?/m0/s1. The molecule has 4 atom stereocenters. The van der Waals surface area contributed by atoms with Gasteiger partial charge in [0.1, 0.15) is 35.3 Å². The molecule has 330 valence electrons. The third-order valence-corrected chi connectivity index (χ3v) is 12.2. The maximum atomic E-state index is 15.7. The molecule has 0 spiro atoms. The van der Waals surface area contributed by atoms with E-state index in [1.807, 2.05) is 4.57 Å². The summed E-state index contributed by atoms with van der Waals surface area (Å²) in [7, 11) is -2.31. The van der Waals surface area contributed by atoms with Crippen molar-refractivity contribution in [3.63, 3.8) is 0 Å². The minimum atomic E-state index is -3.85. The van der Waals surface area contributed by atoms with Gasteiger partial charge in [0.15, 0.2) is 17.2 Å². The lowest BCUT2D eigenvalue weighted by molar-refractivity contribution is -0.123. The van der Waals surface area contributed by atoms with Gasteiger partial charge in [-0.1, -0.05) is 37.4 Å². The Hall–Kier alpha value is -5.91. The van der Waals surface area contributed by atoms with Crippen LogP contribution in [0.25, 0.3) is 22.0 Å². The number of aromatic nitrogens is 7. The SMILES string of the molecule is C[C@@H]1c2c(C(F)F)nn(CC(=O)N[C@@H](Cc3cc(F)cc(F)c3)c3nc(C#CC4(C)OCCn5ccnc54)ccc3-c3ccc(Cl)c4c(NS(C)(=O)=O)nn(C)c34)c2C(F)(F)[C@@H]1C. The Bertz CT molecular complexity index is 2980. The molecule has 1 aliphatic heterocycles. The molecule has 13 nitrogen and oxygen atoms in total. The van der Waals surface area contributed by atoms with Crippen molar-refractivity contribution in [2.24, 2.45) is 13.0 Å². The van der Waals surface area contributed by atoms with E-state index in [0.29, 0.717) is 40.8 Å². The van der Waals surface area contributed by atoms with Gasteiger partial charge in [0.05, 0.1) is 40.5 Å². The van der Waals surface area contributed by atoms with Crippen molar-refractivity contribution in [1.29, 1.82) is 0 Å². The van der Waals surface area contributed by atoms with Crippen LogP contribution in [0.4, 0.5) is 32.2 Å². The maximum Gasteiger partial charge on any atom is 0.292 e. The number of alkyl halides is 4. The molecular weight excluding hydrogens is 876 g/mol. The molecule has 5 heterocycles. The van der Waals surface area contributed by atoms with Crippen molar-refractivity contribution in [3.8, 4) is 23.0 Å². The van der Waals surface area contributed by atoms with Crippen LogP contribution < -0.4 is 10.0 Å². The number of sulfonamides is 1. The van der Waals surface area contributed by atoms with Crippen LogP contribution in [0.3, 0.4) is 0 Å². The number of fused-ring (bicyclic) bond motifs is 3. The normalized spacial score (nSPS) is 19.7. The van der Waals surface area contributed by atoms with E-state index in [9.17, 15) is 30.8 Å². The third kappa shape index (κ3) is 8.13. The Morgan fingerprint density at radius 3 is 2.48 bits per heavy atom. The first-order valence-corrected chi connectivity index (χ1v) is 21.8. The van der Waals surface area contributed by atoms with Crippen LogP contribution in [0.15, 0.2) is 54.9 Å². The number of benzene rings is 2. The van der Waals surface area contributed by atoms with E-state index in [1.54, 1.807) is 44.6 Å². The number of halogens is 7. The first kappa shape index (κ1) is 43.7. The second kappa shape index (κ2) is 16.0. The summed E-state index contributed by atoms with van der Waals surface area (Å²) in [6.07, 6.45) is 0.795. The van der Waals surface area contributed by atoms with Gasteiger partial charge >= 0.3 is 0 Å². The topological polar surface area (TPSA) is 151 Å². The number of carbonyl (C=O) groups excluding carboxylic acids is 1. The number of nitrogens with zero attached hydrogens (tertiary/aromatic N) is 7. The van der Waals surface area contributed by atoms with Gasteiger partial charge in [-0.05, 0) is 61.1 Å². The van der Waals surface area contributed by atoms with Gasteiger partial charge < -0.3 is 14.6 Å². The highest BCUT2D eigenvalue weighted by Gasteiger charge is 2.55. The molecule has 2 aliphatic rings. The van der Waals surface area contributed by atoms with Crippen molar-refractivity contribution in [2.75, 3.05) is 17.6 Å². The van der Waals surface area contributed by atoms with Crippen LogP contribution in [-0.2, 0) is 57.6 Å². The molecule has 0 bridgehead atoms. The average Bonchev–Trinajstić information content (AvgIpc) is 3.95. The van der Waals surface area contributed by atoms with Gasteiger partial charge in [-0.3, -0.25) is 18.9 Å². The lowest BCUT2D eigenvalue weighted by atomic mass is 9.93. The Morgan fingerprint density at radius 1 is 1.06 bits per heavy atom. The number of nitrogens with one attached hydrogen (secondary N) is 2. The fourth-order valence-electron chi connectivity index (χ4n) is 8.38. The lowest BCUT2D eigenvalue weighted by Crippen LogP contribution is -2.35. The summed E-state index contributed by atoms with van der Waals surface area (Å²) < 4.78 is 126. The average molecular weight is 914 g/mol. The molecule has 1 unspecified atom stereocenters. The van der Waals surface area contributed by atoms with E-state index in [2.05, 4.69) is 37.1 Å². The zero-order chi connectivity index (χ0) is 45.3. The predicted octanol–water partition coefficient (Wildman–Crippen LogP) is 7.51. The lowest BCUT2D eigenvalue weighted by Gasteiger charge is -2.29. The molecule has 63 heavy (non-hydrogen) atoms. The van der Waals surface area contributed by atoms with Crippen molar-refractivity contribution < 1.29 is 44.3 Å². The molecule has 0 fully saturated rings. The van der Waals surface area contributed by atoms with E-state index >= 15 is 8.78 Å². The van der Waals surface area contributed by atoms with Crippen molar-refractivity contribution in [2.45, 2.75) is 70.2 Å². The van der Waals surface area contributed by atoms with E-state index < -0.39 is 81.3 Å². The number of rotatable bonds is 10. The fourth-order valence-corrected chi connectivity index (χ4v) is 9.12. The number of hydrogen-bond donors (Lipinski definition) is 2. The molecule has 1 aliphatic carbocycles. The molecule has 0 saturated carbocycles. The zero-order valence-electron chi connectivity index (χ0n) is 34.2. The number of imidazole rings is 1. The summed E-state index contributed by atoms with van der Waals surface area (Å²) in [5.74, 6) is -2.25. The molecular formula is C42H38ClF6N9O4S. The van der Waals surface area contributed by atoms with E-state index in [0.717, 1.165) is 18.4 Å². The molecule has 2 N–H and O–H groups in total. The summed E-state index contributed by atoms with van der Waals surface area (Å²) in [6, 6.07) is 7.68. The first-order valence-electron chi connectivity index (χ1n) is 19.5. The molecule has 8 rings (SSSR count). The van der Waals surface area contributed by atoms with Gasteiger partial charge in [0.25, 0.3) is 12.3 Å². The largest absolute Gasteiger partial charge is 0.353 e. The summed E-state index contributed by atoms with van der Waals surface area (Å²) >= 11 is 6.65. The monoisotopic (exact) mass is 913 g/mol. The van der Waals surface area contributed by atoms with Crippen LogP contribution in [0.1, 0.15) is 78.9 Å². The highest BCUT2D eigenvalue weighted by atomic mass is 35.5. The minimum Gasteiger partial charge on any atom is -0.353 e. The number of aryl methyl sites for hydroxylation is 1. The Balaban J connectivity index is 1.30. The number of ether oxygens (including phenoxy) is 1. The van der Waals surface area contributed by atoms with E-state index in [4.69, 9.17) is 21.3 Å². The quantitative estimate of drug-likeness (QED) is 0.106. The fraction of sp³-hybridized carbons (Fsp3) is 0.357. The summed E-state index contributed by atoms with van der Waals surface area (Å²) in [6.45, 7) is 4.30. The molecule has 0 saturated heterocycles. The second-order valence-corrected chi connectivity index (χ2v) is 17.9. The maximum absolute atomic E-state index is 15.7. The van der Waals surface area contributed by atoms with Crippen LogP contribution in [-0.4, -0.2) is 61.3 Å². The van der Waals surface area contributed by atoms with Crippen LogP contribution in [0.2, 0.25) is 5.02 Å². The van der Waals surface area contributed by atoms with E-state index in [-0.39, 0.29) is 50.7 Å². The van der Waals surface area contributed by atoms with Crippen molar-refractivity contribution in [3.05, 3.63) is 111 Å².